The van der Waals surface area contributed by atoms with E-state index in [1.165, 1.54) is 0 Å². The van der Waals surface area contributed by atoms with Crippen LogP contribution in [0.4, 0.5) is 4.79 Å². The Morgan fingerprint density at radius 1 is 1.15 bits per heavy atom. The number of benzene rings is 2. The first-order chi connectivity index (χ1) is 16.6. The maximum Gasteiger partial charge on any atom is 0.315 e. The number of carbonyl (C=O) groups excluding carboxylic acids is 2. The first-order valence-corrected chi connectivity index (χ1v) is 13.1. The maximum absolute atomic E-state index is 12.0. The van der Waals surface area contributed by atoms with Crippen molar-refractivity contribution in [2.24, 2.45) is 0 Å². The number of thioether (sulfide) groups is 1. The fourth-order valence-corrected chi connectivity index (χ4v) is 6.03. The molecule has 0 radical (unpaired) electrons. The van der Waals surface area contributed by atoms with E-state index < -0.39 is 6.10 Å². The zero-order valence-electron chi connectivity index (χ0n) is 19.3. The molecule has 0 aliphatic carbocycles. The van der Waals surface area contributed by atoms with E-state index in [9.17, 15) is 14.7 Å². The van der Waals surface area contributed by atoms with Crippen LogP contribution in [0.3, 0.4) is 0 Å². The van der Waals surface area contributed by atoms with Crippen molar-refractivity contribution in [1.29, 1.82) is 0 Å². The molecule has 4 rings (SSSR count). The van der Waals surface area contributed by atoms with Gasteiger partial charge >= 0.3 is 6.03 Å². The van der Waals surface area contributed by atoms with Gasteiger partial charge in [0, 0.05) is 42.4 Å². The van der Waals surface area contributed by atoms with Crippen LogP contribution in [-0.2, 0) is 4.79 Å². The third-order valence-corrected chi connectivity index (χ3v) is 7.77. The Labute approximate surface area is 204 Å². The number of carbonyl (C=O) groups is 2. The van der Waals surface area contributed by atoms with Gasteiger partial charge in [-0.1, -0.05) is 42.8 Å². The van der Waals surface area contributed by atoms with Gasteiger partial charge in [-0.15, -0.1) is 0 Å². The Balaban J connectivity index is 1.02. The molecule has 4 atom stereocenters. The average molecular weight is 487 g/mol. The van der Waals surface area contributed by atoms with Crippen molar-refractivity contribution in [2.45, 2.75) is 49.1 Å². The lowest BCUT2D eigenvalue weighted by Crippen LogP contribution is -2.37. The van der Waals surface area contributed by atoms with Gasteiger partial charge in [-0.05, 0) is 24.3 Å². The number of nitrogens with one attached hydrogen (secondary N) is 4. The maximum atomic E-state index is 12.0. The van der Waals surface area contributed by atoms with Crippen LogP contribution in [-0.4, -0.2) is 72.5 Å². The molecule has 2 aliphatic rings. The predicted molar refractivity (Wildman–Crippen MR) is 135 cm³/mol. The molecule has 4 unspecified atom stereocenters. The summed E-state index contributed by atoms with van der Waals surface area (Å²) < 4.78 is 5.81. The van der Waals surface area contributed by atoms with Crippen LogP contribution in [0.5, 0.6) is 5.75 Å². The third kappa shape index (κ3) is 6.77. The van der Waals surface area contributed by atoms with Crippen molar-refractivity contribution < 1.29 is 19.4 Å². The minimum atomic E-state index is -0.637. The first kappa shape index (κ1) is 24.6. The van der Waals surface area contributed by atoms with E-state index in [2.05, 4.69) is 21.3 Å². The number of fused-ring (bicyclic) bond motifs is 2. The summed E-state index contributed by atoms with van der Waals surface area (Å²) in [5.74, 6) is 1.78. The van der Waals surface area contributed by atoms with Crippen molar-refractivity contribution in [3.05, 3.63) is 42.5 Å². The summed E-state index contributed by atoms with van der Waals surface area (Å²) in [6.07, 6.45) is 2.71. The normalized spacial score (nSPS) is 22.1. The highest BCUT2D eigenvalue weighted by Crippen LogP contribution is 2.33. The lowest BCUT2D eigenvalue weighted by Gasteiger charge is -2.16. The summed E-state index contributed by atoms with van der Waals surface area (Å²) in [6, 6.07) is 14.3. The van der Waals surface area contributed by atoms with Gasteiger partial charge in [0.05, 0.1) is 12.1 Å². The van der Waals surface area contributed by atoms with Crippen molar-refractivity contribution in [2.75, 3.05) is 32.0 Å². The van der Waals surface area contributed by atoms with Crippen LogP contribution in [0.1, 0.15) is 25.7 Å². The zero-order valence-corrected chi connectivity index (χ0v) is 20.1. The summed E-state index contributed by atoms with van der Waals surface area (Å²) in [7, 11) is 0. The molecular weight excluding hydrogens is 452 g/mol. The van der Waals surface area contributed by atoms with E-state index in [0.717, 1.165) is 41.5 Å². The van der Waals surface area contributed by atoms with E-state index >= 15 is 0 Å². The van der Waals surface area contributed by atoms with Gasteiger partial charge in [0.2, 0.25) is 5.91 Å². The monoisotopic (exact) mass is 486 g/mol. The van der Waals surface area contributed by atoms with Gasteiger partial charge in [0.1, 0.15) is 18.5 Å². The molecule has 2 aromatic rings. The van der Waals surface area contributed by atoms with Crippen molar-refractivity contribution >= 4 is 34.5 Å². The molecular formula is C25H34N4O4S. The molecule has 0 aromatic heterocycles. The quantitative estimate of drug-likeness (QED) is 0.219. The van der Waals surface area contributed by atoms with Crippen LogP contribution >= 0.6 is 11.8 Å². The molecule has 2 fully saturated rings. The summed E-state index contributed by atoms with van der Waals surface area (Å²) in [5.41, 5.74) is 0. The number of aliphatic hydroxyl groups excluding tert-OH is 1. The van der Waals surface area contributed by atoms with E-state index in [-0.39, 0.29) is 30.6 Å². The van der Waals surface area contributed by atoms with Gasteiger partial charge in [-0.3, -0.25) is 4.79 Å². The van der Waals surface area contributed by atoms with Crippen molar-refractivity contribution in [1.82, 2.24) is 21.3 Å². The highest BCUT2D eigenvalue weighted by atomic mass is 32.2. The summed E-state index contributed by atoms with van der Waals surface area (Å²) in [4.78, 5) is 23.5. The van der Waals surface area contributed by atoms with Crippen LogP contribution in [0.25, 0.3) is 10.8 Å². The third-order valence-electron chi connectivity index (χ3n) is 6.27. The standard InChI is InChI=1S/C25H34N4O4S/c30-18(15-33-21-9-5-7-17-6-1-2-8-19(17)21)14-26-12-13-27-23(31)11-4-3-10-22-24-20(16-34-22)28-25(32)29-24/h1-2,5-9,18,20,22,24,26,30H,3-4,10-16H2,(H,27,31)(H2,28,29,32). The second kappa shape index (κ2) is 12.3. The highest BCUT2D eigenvalue weighted by molar-refractivity contribution is 8.00. The van der Waals surface area contributed by atoms with Crippen LogP contribution in [0, 0.1) is 0 Å². The molecule has 9 heteroatoms. The number of rotatable bonds is 13. The zero-order chi connectivity index (χ0) is 23.8. The Bertz CT molecular complexity index is 970. The van der Waals surface area contributed by atoms with E-state index in [0.29, 0.717) is 31.3 Å². The number of amides is 3. The summed E-state index contributed by atoms with van der Waals surface area (Å²) in [6.45, 7) is 1.71. The Morgan fingerprint density at radius 2 is 2.00 bits per heavy atom. The number of hydrogen-bond donors (Lipinski definition) is 5. The van der Waals surface area contributed by atoms with E-state index in [1.54, 1.807) is 0 Å². The topological polar surface area (TPSA) is 112 Å². The minimum Gasteiger partial charge on any atom is -0.490 e. The molecule has 0 bridgehead atoms. The van der Waals surface area contributed by atoms with Crippen LogP contribution < -0.4 is 26.0 Å². The molecule has 3 amide bonds. The first-order valence-electron chi connectivity index (χ1n) is 12.0. The molecule has 0 spiro atoms. The van der Waals surface area contributed by atoms with Crippen molar-refractivity contribution in [3.8, 4) is 5.75 Å². The van der Waals surface area contributed by atoms with E-state index in [1.807, 2.05) is 54.2 Å². The summed E-state index contributed by atoms with van der Waals surface area (Å²) >= 11 is 1.90. The van der Waals surface area contributed by atoms with Gasteiger partial charge in [0.25, 0.3) is 0 Å². The number of urea groups is 1. The molecule has 5 N–H and O–H groups in total. The Hall–Kier alpha value is -2.49. The Kier molecular flexibility index (Phi) is 8.90. The number of hydrogen-bond acceptors (Lipinski definition) is 6. The fourth-order valence-electron chi connectivity index (χ4n) is 4.49. The molecule has 34 heavy (non-hydrogen) atoms. The largest absolute Gasteiger partial charge is 0.490 e. The Morgan fingerprint density at radius 3 is 2.91 bits per heavy atom. The van der Waals surface area contributed by atoms with Gasteiger partial charge in [-0.2, -0.15) is 11.8 Å². The van der Waals surface area contributed by atoms with Gasteiger partial charge < -0.3 is 31.1 Å². The highest BCUT2D eigenvalue weighted by Gasteiger charge is 2.42. The van der Waals surface area contributed by atoms with Crippen molar-refractivity contribution in [3.63, 3.8) is 0 Å². The second-order valence-corrected chi connectivity index (χ2v) is 10.1. The van der Waals surface area contributed by atoms with Crippen LogP contribution in [0.2, 0.25) is 0 Å². The average Bonchev–Trinajstić information content (AvgIpc) is 3.39. The molecule has 2 saturated heterocycles. The van der Waals surface area contributed by atoms with E-state index in [4.69, 9.17) is 4.74 Å². The predicted octanol–water partition coefficient (Wildman–Crippen LogP) is 2.01. The molecule has 0 saturated carbocycles. The second-order valence-electron chi connectivity index (χ2n) is 8.86. The molecule has 8 nitrogen and oxygen atoms in total. The number of aliphatic hydroxyl groups is 1. The fraction of sp³-hybridized carbons (Fsp3) is 0.520. The SMILES string of the molecule is O=C(CCCCC1SCC2NC(=O)NC21)NCCNCC(O)COc1cccc2ccccc12. The molecule has 2 heterocycles. The number of ether oxygens (including phenoxy) is 1. The minimum absolute atomic E-state index is 0.0504. The lowest BCUT2D eigenvalue weighted by atomic mass is 10.0. The lowest BCUT2D eigenvalue weighted by molar-refractivity contribution is -0.121. The van der Waals surface area contributed by atoms with Gasteiger partial charge in [0.15, 0.2) is 0 Å². The summed E-state index contributed by atoms with van der Waals surface area (Å²) in [5, 5.41) is 24.8. The number of unbranched alkanes of at least 4 members (excludes halogenated alkanes) is 1. The molecule has 2 aromatic carbocycles. The molecule has 184 valence electrons. The molecule has 2 aliphatic heterocycles. The van der Waals surface area contributed by atoms with Gasteiger partial charge in [-0.25, -0.2) is 4.79 Å². The smallest absolute Gasteiger partial charge is 0.315 e. The van der Waals surface area contributed by atoms with Crippen LogP contribution in [0.15, 0.2) is 42.5 Å².